The van der Waals surface area contributed by atoms with E-state index in [1.807, 2.05) is 12.1 Å². The Balaban J connectivity index is 1.91. The van der Waals surface area contributed by atoms with Crippen LogP contribution in [0.2, 0.25) is 0 Å². The predicted octanol–water partition coefficient (Wildman–Crippen LogP) is 2.08. The van der Waals surface area contributed by atoms with Crippen molar-refractivity contribution < 1.29 is 4.74 Å². The van der Waals surface area contributed by atoms with Crippen LogP contribution in [0.25, 0.3) is 0 Å². The third kappa shape index (κ3) is 3.30. The number of piperidine rings is 1. The Labute approximate surface area is 107 Å². The zero-order valence-corrected chi connectivity index (χ0v) is 10.9. The van der Waals surface area contributed by atoms with Gasteiger partial charge in [-0.1, -0.05) is 0 Å². The lowest BCUT2D eigenvalue weighted by Gasteiger charge is -2.32. The normalized spacial score (nSPS) is 17.4. The first-order valence-electron chi connectivity index (χ1n) is 5.96. The Morgan fingerprint density at radius 1 is 1.35 bits per heavy atom. The number of ether oxygens (including phenoxy) is 1. The number of aromatic nitrogens is 2. The molecule has 0 atom stereocenters. The molecule has 1 aromatic rings. The fourth-order valence-electron chi connectivity index (χ4n) is 2.16. The smallest absolute Gasteiger partial charge is 0.151 e. The molecular formula is C12H18ClN3O. The molecule has 17 heavy (non-hydrogen) atoms. The summed E-state index contributed by atoms with van der Waals surface area (Å²) in [5, 5.41) is 8.28. The zero-order valence-electron chi connectivity index (χ0n) is 10.1. The molecule has 0 aliphatic carbocycles. The highest BCUT2D eigenvalue weighted by Gasteiger charge is 2.20. The quantitative estimate of drug-likeness (QED) is 0.772. The van der Waals surface area contributed by atoms with Crippen LogP contribution in [0.4, 0.5) is 5.82 Å². The Hall–Kier alpha value is -0.870. The van der Waals surface area contributed by atoms with Crippen molar-refractivity contribution >= 4 is 17.4 Å². The van der Waals surface area contributed by atoms with Gasteiger partial charge >= 0.3 is 0 Å². The van der Waals surface area contributed by atoms with Crippen molar-refractivity contribution in [3.8, 4) is 0 Å². The average Bonchev–Trinajstić information content (AvgIpc) is 2.40. The van der Waals surface area contributed by atoms with Gasteiger partial charge in [0, 0.05) is 26.8 Å². The van der Waals surface area contributed by atoms with Crippen molar-refractivity contribution in [3.63, 3.8) is 0 Å². The molecule has 4 nitrogen and oxygen atoms in total. The van der Waals surface area contributed by atoms with E-state index in [0.717, 1.165) is 44.0 Å². The molecule has 5 heteroatoms. The van der Waals surface area contributed by atoms with E-state index in [1.54, 1.807) is 7.11 Å². The van der Waals surface area contributed by atoms with E-state index >= 15 is 0 Å². The van der Waals surface area contributed by atoms with Crippen molar-refractivity contribution in [3.05, 3.63) is 17.8 Å². The first kappa shape index (κ1) is 12.6. The lowest BCUT2D eigenvalue weighted by molar-refractivity contribution is 0.139. The number of alkyl halides is 1. The van der Waals surface area contributed by atoms with Crippen molar-refractivity contribution in [1.82, 2.24) is 10.2 Å². The maximum atomic E-state index is 5.69. The van der Waals surface area contributed by atoms with Crippen LogP contribution in [0.1, 0.15) is 18.5 Å². The Kier molecular flexibility index (Phi) is 4.57. The van der Waals surface area contributed by atoms with Crippen LogP contribution in [-0.4, -0.2) is 37.0 Å². The second-order valence-electron chi connectivity index (χ2n) is 4.40. The summed E-state index contributed by atoms with van der Waals surface area (Å²) in [6.07, 6.45) is 2.32. The molecule has 1 aliphatic rings. The summed E-state index contributed by atoms with van der Waals surface area (Å²) < 4.78 is 5.19. The molecule has 0 bridgehead atoms. The van der Waals surface area contributed by atoms with Gasteiger partial charge in [-0.2, -0.15) is 5.10 Å². The van der Waals surface area contributed by atoms with E-state index in [2.05, 4.69) is 15.1 Å². The van der Waals surface area contributed by atoms with Crippen LogP contribution in [-0.2, 0) is 10.6 Å². The highest BCUT2D eigenvalue weighted by Crippen LogP contribution is 2.21. The number of hydrogen-bond acceptors (Lipinski definition) is 4. The van der Waals surface area contributed by atoms with Gasteiger partial charge < -0.3 is 9.64 Å². The minimum absolute atomic E-state index is 0.420. The molecule has 0 spiro atoms. The van der Waals surface area contributed by atoms with Crippen molar-refractivity contribution in [1.29, 1.82) is 0 Å². The molecule has 0 unspecified atom stereocenters. The molecule has 1 aliphatic heterocycles. The summed E-state index contributed by atoms with van der Waals surface area (Å²) in [6.45, 7) is 2.93. The third-order valence-electron chi connectivity index (χ3n) is 3.18. The maximum absolute atomic E-state index is 5.69. The predicted molar refractivity (Wildman–Crippen MR) is 68.4 cm³/mol. The van der Waals surface area contributed by atoms with Crippen LogP contribution < -0.4 is 4.90 Å². The van der Waals surface area contributed by atoms with Gasteiger partial charge in [0.1, 0.15) is 0 Å². The van der Waals surface area contributed by atoms with Gasteiger partial charge in [-0.15, -0.1) is 16.7 Å². The average molecular weight is 256 g/mol. The fourth-order valence-corrected chi connectivity index (χ4v) is 2.30. The number of anilines is 1. The van der Waals surface area contributed by atoms with E-state index < -0.39 is 0 Å². The van der Waals surface area contributed by atoms with Crippen LogP contribution >= 0.6 is 11.6 Å². The van der Waals surface area contributed by atoms with Gasteiger partial charge in [-0.05, 0) is 30.9 Å². The van der Waals surface area contributed by atoms with Gasteiger partial charge in [-0.3, -0.25) is 0 Å². The highest BCUT2D eigenvalue weighted by molar-refractivity contribution is 6.16. The Morgan fingerprint density at radius 3 is 2.65 bits per heavy atom. The summed E-state index contributed by atoms with van der Waals surface area (Å²) in [4.78, 5) is 2.27. The molecule has 94 valence electrons. The van der Waals surface area contributed by atoms with Gasteiger partial charge in [-0.25, -0.2) is 0 Å². The number of methoxy groups -OCH3 is 1. The minimum Gasteiger partial charge on any atom is -0.384 e. The van der Waals surface area contributed by atoms with E-state index in [9.17, 15) is 0 Å². The zero-order chi connectivity index (χ0) is 12.1. The molecule has 2 rings (SSSR count). The number of nitrogens with zero attached hydrogens (tertiary/aromatic N) is 3. The molecule has 2 heterocycles. The van der Waals surface area contributed by atoms with Gasteiger partial charge in [0.15, 0.2) is 5.82 Å². The van der Waals surface area contributed by atoms with Crippen LogP contribution in [0.15, 0.2) is 12.1 Å². The van der Waals surface area contributed by atoms with Crippen LogP contribution in [0, 0.1) is 5.92 Å². The highest BCUT2D eigenvalue weighted by atomic mass is 35.5. The van der Waals surface area contributed by atoms with Gasteiger partial charge in [0.25, 0.3) is 0 Å². The second-order valence-corrected chi connectivity index (χ2v) is 4.67. The summed E-state index contributed by atoms with van der Waals surface area (Å²) in [6, 6.07) is 3.94. The van der Waals surface area contributed by atoms with Crippen LogP contribution in [0.5, 0.6) is 0 Å². The molecular weight excluding hydrogens is 238 g/mol. The molecule has 0 aromatic carbocycles. The van der Waals surface area contributed by atoms with Crippen LogP contribution in [0.3, 0.4) is 0 Å². The van der Waals surface area contributed by atoms with Crippen molar-refractivity contribution in [2.24, 2.45) is 5.92 Å². The topological polar surface area (TPSA) is 38.2 Å². The summed E-state index contributed by atoms with van der Waals surface area (Å²) in [5.41, 5.74) is 0.824. The fraction of sp³-hybridized carbons (Fsp3) is 0.667. The monoisotopic (exact) mass is 255 g/mol. The summed E-state index contributed by atoms with van der Waals surface area (Å²) in [5.74, 6) is 2.06. The lowest BCUT2D eigenvalue weighted by atomic mass is 9.98. The molecule has 0 radical (unpaired) electrons. The number of rotatable bonds is 4. The van der Waals surface area contributed by atoms with E-state index in [-0.39, 0.29) is 0 Å². The molecule has 1 aromatic heterocycles. The SMILES string of the molecule is COCC1CCN(c2ccc(CCl)nn2)CC1. The van der Waals surface area contributed by atoms with E-state index in [0.29, 0.717) is 11.8 Å². The van der Waals surface area contributed by atoms with Crippen molar-refractivity contribution in [2.45, 2.75) is 18.7 Å². The van der Waals surface area contributed by atoms with E-state index in [4.69, 9.17) is 16.3 Å². The first-order valence-corrected chi connectivity index (χ1v) is 6.49. The third-order valence-corrected chi connectivity index (χ3v) is 3.46. The van der Waals surface area contributed by atoms with Crippen molar-refractivity contribution in [2.75, 3.05) is 31.7 Å². The summed E-state index contributed by atoms with van der Waals surface area (Å²) >= 11 is 5.69. The molecule has 0 N–H and O–H groups in total. The molecule has 1 saturated heterocycles. The van der Waals surface area contributed by atoms with Gasteiger partial charge in [0.05, 0.1) is 11.6 Å². The largest absolute Gasteiger partial charge is 0.384 e. The minimum atomic E-state index is 0.420. The van der Waals surface area contributed by atoms with E-state index in [1.165, 1.54) is 0 Å². The molecule has 0 amide bonds. The maximum Gasteiger partial charge on any atom is 0.151 e. The standard InChI is InChI=1S/C12H18ClN3O/c1-17-9-10-4-6-16(7-5-10)12-3-2-11(8-13)14-15-12/h2-3,10H,4-9H2,1H3. The number of halogens is 1. The lowest BCUT2D eigenvalue weighted by Crippen LogP contribution is -2.35. The molecule has 0 saturated carbocycles. The Morgan fingerprint density at radius 2 is 2.12 bits per heavy atom. The second kappa shape index (κ2) is 6.17. The molecule has 1 fully saturated rings. The number of hydrogen-bond donors (Lipinski definition) is 0. The Bertz CT molecular complexity index is 336. The van der Waals surface area contributed by atoms with Gasteiger partial charge in [0.2, 0.25) is 0 Å². The summed E-state index contributed by atoms with van der Waals surface area (Å²) in [7, 11) is 1.77. The first-order chi connectivity index (χ1) is 8.33.